The lowest BCUT2D eigenvalue weighted by atomic mass is 10.2. The zero-order valence-electron chi connectivity index (χ0n) is 6.63. The second-order valence-corrected chi connectivity index (χ2v) is 3.50. The number of nitrogens with two attached hydrogens (primary N) is 1. The SMILES string of the molecule is Cc1cc([C@H](C)N)ncc1Br. The van der Waals surface area contributed by atoms with Crippen LogP contribution in [0.15, 0.2) is 16.7 Å². The third kappa shape index (κ3) is 2.01. The Hall–Kier alpha value is -0.410. The molecule has 3 heteroatoms. The van der Waals surface area contributed by atoms with Gasteiger partial charge in [-0.25, -0.2) is 0 Å². The summed E-state index contributed by atoms with van der Waals surface area (Å²) in [6.07, 6.45) is 1.79. The van der Waals surface area contributed by atoms with Crippen molar-refractivity contribution in [2.45, 2.75) is 19.9 Å². The van der Waals surface area contributed by atoms with Crippen molar-refractivity contribution in [2.75, 3.05) is 0 Å². The van der Waals surface area contributed by atoms with Gasteiger partial charge >= 0.3 is 0 Å². The maximum Gasteiger partial charge on any atom is 0.0571 e. The van der Waals surface area contributed by atoms with Crippen molar-refractivity contribution in [3.8, 4) is 0 Å². The van der Waals surface area contributed by atoms with Crippen LogP contribution < -0.4 is 5.73 Å². The lowest BCUT2D eigenvalue weighted by Gasteiger charge is -2.05. The first-order chi connectivity index (χ1) is 5.11. The summed E-state index contributed by atoms with van der Waals surface area (Å²) in [6.45, 7) is 3.95. The van der Waals surface area contributed by atoms with Gasteiger partial charge in [0.15, 0.2) is 0 Å². The highest BCUT2D eigenvalue weighted by atomic mass is 79.9. The Morgan fingerprint density at radius 3 is 2.73 bits per heavy atom. The molecule has 0 amide bonds. The Kier molecular flexibility index (Phi) is 2.62. The number of hydrogen-bond donors (Lipinski definition) is 1. The van der Waals surface area contributed by atoms with Crippen molar-refractivity contribution >= 4 is 15.9 Å². The van der Waals surface area contributed by atoms with Crippen molar-refractivity contribution in [3.05, 3.63) is 28.0 Å². The molecule has 2 N–H and O–H groups in total. The molecule has 11 heavy (non-hydrogen) atoms. The molecule has 1 atom stereocenters. The zero-order chi connectivity index (χ0) is 8.43. The molecule has 0 aliphatic rings. The fourth-order valence-corrected chi connectivity index (χ4v) is 1.03. The number of pyridine rings is 1. The molecule has 2 nitrogen and oxygen atoms in total. The average Bonchev–Trinajstić information content (AvgIpc) is 1.94. The average molecular weight is 215 g/mol. The van der Waals surface area contributed by atoms with Gasteiger partial charge in [-0.05, 0) is 41.4 Å². The monoisotopic (exact) mass is 214 g/mol. The zero-order valence-corrected chi connectivity index (χ0v) is 8.22. The third-order valence-corrected chi connectivity index (χ3v) is 2.36. The number of rotatable bonds is 1. The van der Waals surface area contributed by atoms with Gasteiger partial charge in [0.05, 0.1) is 5.69 Å². The lowest BCUT2D eigenvalue weighted by Crippen LogP contribution is -2.07. The standard InChI is InChI=1S/C8H11BrN2/c1-5-3-8(6(2)10)11-4-7(5)9/h3-4,6H,10H2,1-2H3/t6-/m0/s1. The quantitative estimate of drug-likeness (QED) is 0.779. The largest absolute Gasteiger partial charge is 0.323 e. The van der Waals surface area contributed by atoms with Gasteiger partial charge in [-0.2, -0.15) is 0 Å². The molecular formula is C8H11BrN2. The van der Waals surface area contributed by atoms with E-state index in [1.54, 1.807) is 6.20 Å². The van der Waals surface area contributed by atoms with E-state index in [1.165, 1.54) is 5.56 Å². The van der Waals surface area contributed by atoms with E-state index in [4.69, 9.17) is 5.73 Å². The highest BCUT2D eigenvalue weighted by molar-refractivity contribution is 9.10. The molecule has 0 unspecified atom stereocenters. The van der Waals surface area contributed by atoms with E-state index in [-0.39, 0.29) is 6.04 Å². The van der Waals surface area contributed by atoms with Crippen LogP contribution in [0.1, 0.15) is 24.2 Å². The first-order valence-electron chi connectivity index (χ1n) is 3.49. The molecule has 0 bridgehead atoms. The summed E-state index contributed by atoms with van der Waals surface area (Å²) in [4.78, 5) is 4.17. The Balaban J connectivity index is 3.05. The smallest absolute Gasteiger partial charge is 0.0571 e. The van der Waals surface area contributed by atoms with Gasteiger partial charge in [-0.1, -0.05) is 0 Å². The van der Waals surface area contributed by atoms with Gasteiger partial charge in [0.2, 0.25) is 0 Å². The van der Waals surface area contributed by atoms with Crippen LogP contribution in [0.2, 0.25) is 0 Å². The summed E-state index contributed by atoms with van der Waals surface area (Å²) in [5, 5.41) is 0. The summed E-state index contributed by atoms with van der Waals surface area (Å²) in [7, 11) is 0. The van der Waals surface area contributed by atoms with E-state index in [2.05, 4.69) is 20.9 Å². The summed E-state index contributed by atoms with van der Waals surface area (Å²) >= 11 is 3.38. The molecule has 1 heterocycles. The second-order valence-electron chi connectivity index (χ2n) is 2.65. The van der Waals surface area contributed by atoms with Crippen LogP contribution in [0.5, 0.6) is 0 Å². The van der Waals surface area contributed by atoms with Crippen molar-refractivity contribution in [1.29, 1.82) is 0 Å². The molecule has 0 spiro atoms. The van der Waals surface area contributed by atoms with E-state index in [1.807, 2.05) is 19.9 Å². The number of aromatic nitrogens is 1. The van der Waals surface area contributed by atoms with Crippen molar-refractivity contribution in [1.82, 2.24) is 4.98 Å². The van der Waals surface area contributed by atoms with Crippen LogP contribution in [0.25, 0.3) is 0 Å². The maximum absolute atomic E-state index is 5.65. The highest BCUT2D eigenvalue weighted by Gasteiger charge is 2.02. The van der Waals surface area contributed by atoms with Crippen molar-refractivity contribution in [3.63, 3.8) is 0 Å². The number of hydrogen-bond acceptors (Lipinski definition) is 2. The summed E-state index contributed by atoms with van der Waals surface area (Å²) in [6, 6.07) is 2.01. The lowest BCUT2D eigenvalue weighted by molar-refractivity contribution is 0.778. The maximum atomic E-state index is 5.65. The predicted octanol–water partition coefficient (Wildman–Crippen LogP) is 2.17. The minimum Gasteiger partial charge on any atom is -0.323 e. The first-order valence-corrected chi connectivity index (χ1v) is 4.28. The molecule has 0 aromatic carbocycles. The summed E-state index contributed by atoms with van der Waals surface area (Å²) in [5.41, 5.74) is 7.76. The van der Waals surface area contributed by atoms with Crippen molar-refractivity contribution in [2.24, 2.45) is 5.73 Å². The van der Waals surface area contributed by atoms with Crippen LogP contribution in [-0.2, 0) is 0 Å². The van der Waals surface area contributed by atoms with Gasteiger partial charge in [0.1, 0.15) is 0 Å². The first kappa shape index (κ1) is 8.68. The van der Waals surface area contributed by atoms with Gasteiger partial charge < -0.3 is 5.73 Å². The van der Waals surface area contributed by atoms with Crippen LogP contribution >= 0.6 is 15.9 Å². The normalized spacial score (nSPS) is 13.1. The van der Waals surface area contributed by atoms with Crippen LogP contribution in [0.4, 0.5) is 0 Å². The molecule has 0 aliphatic heterocycles. The number of aryl methyl sites for hydroxylation is 1. The van der Waals surface area contributed by atoms with E-state index in [9.17, 15) is 0 Å². The minimum absolute atomic E-state index is 0.0156. The third-order valence-electron chi connectivity index (χ3n) is 1.53. The molecule has 0 saturated heterocycles. The van der Waals surface area contributed by atoms with E-state index in [0.29, 0.717) is 0 Å². The highest BCUT2D eigenvalue weighted by Crippen LogP contribution is 2.16. The predicted molar refractivity (Wildman–Crippen MR) is 49.3 cm³/mol. The molecule has 0 fully saturated rings. The fourth-order valence-electron chi connectivity index (χ4n) is 0.810. The Labute approximate surface area is 75.0 Å². The number of nitrogens with zero attached hydrogens (tertiary/aromatic N) is 1. The minimum atomic E-state index is 0.0156. The molecule has 1 aromatic rings. The molecule has 1 aromatic heterocycles. The van der Waals surface area contributed by atoms with Gasteiger partial charge in [0, 0.05) is 16.7 Å². The summed E-state index contributed by atoms with van der Waals surface area (Å²) < 4.78 is 1.03. The van der Waals surface area contributed by atoms with E-state index < -0.39 is 0 Å². The topological polar surface area (TPSA) is 38.9 Å². The van der Waals surface area contributed by atoms with Crippen molar-refractivity contribution < 1.29 is 0 Å². The molecule has 0 radical (unpaired) electrons. The second kappa shape index (κ2) is 3.32. The van der Waals surface area contributed by atoms with Crippen LogP contribution in [0.3, 0.4) is 0 Å². The molecule has 1 rings (SSSR count). The van der Waals surface area contributed by atoms with E-state index >= 15 is 0 Å². The summed E-state index contributed by atoms with van der Waals surface area (Å²) in [5.74, 6) is 0. The van der Waals surface area contributed by atoms with Crippen LogP contribution in [0, 0.1) is 6.92 Å². The van der Waals surface area contributed by atoms with Gasteiger partial charge in [0.25, 0.3) is 0 Å². The number of halogens is 1. The Morgan fingerprint density at radius 2 is 2.27 bits per heavy atom. The van der Waals surface area contributed by atoms with Gasteiger partial charge in [-0.15, -0.1) is 0 Å². The Bertz CT molecular complexity index is 258. The molecular weight excluding hydrogens is 204 g/mol. The van der Waals surface area contributed by atoms with Gasteiger partial charge in [-0.3, -0.25) is 4.98 Å². The molecule has 0 aliphatic carbocycles. The molecule has 60 valence electrons. The Morgan fingerprint density at radius 1 is 1.64 bits per heavy atom. The van der Waals surface area contributed by atoms with E-state index in [0.717, 1.165) is 10.2 Å². The fraction of sp³-hybridized carbons (Fsp3) is 0.375. The molecule has 0 saturated carbocycles. The van der Waals surface area contributed by atoms with Crippen LogP contribution in [-0.4, -0.2) is 4.98 Å².